The maximum atomic E-state index is 13.0. The number of primary amides is 1. The Hall–Kier alpha value is -2.75. The molecule has 3 aromatic rings. The normalized spacial score (nSPS) is 10.5. The smallest absolute Gasteiger partial charge is 0.261 e. The van der Waals surface area contributed by atoms with Crippen LogP contribution in [0, 0.1) is 6.92 Å². The van der Waals surface area contributed by atoms with Crippen LogP contribution in [0.4, 0.5) is 5.00 Å². The SMILES string of the molecule is CCc1c(C)sc(NC(=S)NC(=O)c2cc(Br)ccc2OCCc2ccccc2)c1C(N)=O. The maximum Gasteiger partial charge on any atom is 0.261 e. The fraction of sp³-hybridized carbons (Fsp3) is 0.208. The van der Waals surface area contributed by atoms with Gasteiger partial charge in [-0.25, -0.2) is 0 Å². The van der Waals surface area contributed by atoms with Gasteiger partial charge < -0.3 is 15.8 Å². The number of ether oxygens (including phenoxy) is 1. The maximum absolute atomic E-state index is 13.0. The highest BCUT2D eigenvalue weighted by atomic mass is 79.9. The number of hydrogen-bond acceptors (Lipinski definition) is 5. The average molecular weight is 547 g/mol. The number of thiophene rings is 1. The molecule has 1 heterocycles. The van der Waals surface area contributed by atoms with Gasteiger partial charge >= 0.3 is 0 Å². The molecular weight excluding hydrogens is 522 g/mol. The van der Waals surface area contributed by atoms with Crippen molar-refractivity contribution in [3.8, 4) is 5.75 Å². The first-order chi connectivity index (χ1) is 15.8. The molecule has 0 bridgehead atoms. The van der Waals surface area contributed by atoms with Crippen LogP contribution in [-0.2, 0) is 12.8 Å². The molecule has 0 aliphatic carbocycles. The van der Waals surface area contributed by atoms with Crippen LogP contribution < -0.4 is 21.1 Å². The summed E-state index contributed by atoms with van der Waals surface area (Å²) in [5.74, 6) is -0.505. The van der Waals surface area contributed by atoms with Gasteiger partial charge in [0.1, 0.15) is 10.8 Å². The molecule has 0 saturated heterocycles. The lowest BCUT2D eigenvalue weighted by atomic mass is 10.1. The van der Waals surface area contributed by atoms with Crippen LogP contribution in [0.15, 0.2) is 53.0 Å². The Morgan fingerprint density at radius 3 is 2.58 bits per heavy atom. The molecule has 0 spiro atoms. The summed E-state index contributed by atoms with van der Waals surface area (Å²) in [6.07, 6.45) is 1.38. The summed E-state index contributed by atoms with van der Waals surface area (Å²) < 4.78 is 6.63. The van der Waals surface area contributed by atoms with Gasteiger partial charge in [0.05, 0.1) is 17.7 Å². The Bertz CT molecular complexity index is 1180. The number of nitrogens with one attached hydrogen (secondary N) is 2. The van der Waals surface area contributed by atoms with E-state index in [1.807, 2.05) is 50.2 Å². The molecule has 1 aromatic heterocycles. The second kappa shape index (κ2) is 11.4. The molecule has 4 N–H and O–H groups in total. The van der Waals surface area contributed by atoms with Crippen molar-refractivity contribution in [3.63, 3.8) is 0 Å². The van der Waals surface area contributed by atoms with E-state index in [-0.39, 0.29) is 5.11 Å². The van der Waals surface area contributed by atoms with E-state index in [0.29, 0.717) is 41.3 Å². The second-order valence-electron chi connectivity index (χ2n) is 7.19. The van der Waals surface area contributed by atoms with E-state index >= 15 is 0 Å². The number of hydrogen-bond donors (Lipinski definition) is 3. The van der Waals surface area contributed by atoms with Crippen molar-refractivity contribution in [2.75, 3.05) is 11.9 Å². The van der Waals surface area contributed by atoms with E-state index in [2.05, 4.69) is 26.6 Å². The third-order valence-electron chi connectivity index (χ3n) is 4.94. The fourth-order valence-corrected chi connectivity index (χ4v) is 5.16. The average Bonchev–Trinajstić information content (AvgIpc) is 3.10. The van der Waals surface area contributed by atoms with Gasteiger partial charge in [0.2, 0.25) is 0 Å². The zero-order valence-corrected chi connectivity index (χ0v) is 21.5. The molecule has 0 atom stereocenters. The van der Waals surface area contributed by atoms with Crippen molar-refractivity contribution in [1.29, 1.82) is 0 Å². The van der Waals surface area contributed by atoms with Crippen LogP contribution >= 0.6 is 39.5 Å². The minimum absolute atomic E-state index is 0.0709. The highest BCUT2D eigenvalue weighted by Crippen LogP contribution is 2.33. The second-order valence-corrected chi connectivity index (χ2v) is 9.74. The molecule has 0 unspecified atom stereocenters. The Balaban J connectivity index is 1.70. The summed E-state index contributed by atoms with van der Waals surface area (Å²) in [7, 11) is 0. The summed E-state index contributed by atoms with van der Waals surface area (Å²) >= 11 is 10.1. The predicted molar refractivity (Wildman–Crippen MR) is 140 cm³/mol. The lowest BCUT2D eigenvalue weighted by Crippen LogP contribution is -2.34. The molecule has 0 fully saturated rings. The monoisotopic (exact) mass is 545 g/mol. The van der Waals surface area contributed by atoms with Crippen molar-refractivity contribution >= 4 is 61.4 Å². The summed E-state index contributed by atoms with van der Waals surface area (Å²) in [6.45, 7) is 4.30. The molecule has 172 valence electrons. The number of carbonyl (C=O) groups excluding carboxylic acids is 2. The largest absolute Gasteiger partial charge is 0.492 e. The number of anilines is 1. The molecule has 0 radical (unpaired) electrons. The van der Waals surface area contributed by atoms with Crippen LogP contribution in [0.3, 0.4) is 0 Å². The number of aryl methyl sites for hydroxylation is 1. The van der Waals surface area contributed by atoms with E-state index in [0.717, 1.165) is 20.5 Å². The van der Waals surface area contributed by atoms with Gasteiger partial charge in [0.15, 0.2) is 5.11 Å². The lowest BCUT2D eigenvalue weighted by molar-refractivity contribution is 0.0971. The predicted octanol–water partition coefficient (Wildman–Crippen LogP) is 5.23. The van der Waals surface area contributed by atoms with Gasteiger partial charge in [-0.1, -0.05) is 53.2 Å². The minimum atomic E-state index is -0.533. The Morgan fingerprint density at radius 1 is 1.18 bits per heavy atom. The molecule has 0 aliphatic rings. The van der Waals surface area contributed by atoms with Gasteiger partial charge in [-0.15, -0.1) is 11.3 Å². The number of carbonyl (C=O) groups is 2. The Labute approximate surface area is 210 Å². The molecule has 0 saturated carbocycles. The summed E-state index contributed by atoms with van der Waals surface area (Å²) in [5, 5.41) is 6.21. The first-order valence-electron chi connectivity index (χ1n) is 10.3. The zero-order chi connectivity index (χ0) is 24.0. The van der Waals surface area contributed by atoms with Crippen LogP contribution in [-0.4, -0.2) is 23.5 Å². The quantitative estimate of drug-likeness (QED) is 0.337. The van der Waals surface area contributed by atoms with Crippen LogP contribution in [0.2, 0.25) is 0 Å². The van der Waals surface area contributed by atoms with E-state index in [1.165, 1.54) is 11.3 Å². The topological polar surface area (TPSA) is 93.4 Å². The first kappa shape index (κ1) is 24.9. The molecule has 6 nitrogen and oxygen atoms in total. The van der Waals surface area contributed by atoms with Crippen molar-refractivity contribution in [2.24, 2.45) is 5.73 Å². The zero-order valence-electron chi connectivity index (χ0n) is 18.2. The number of benzene rings is 2. The summed E-state index contributed by atoms with van der Waals surface area (Å²) in [4.78, 5) is 25.9. The number of thiocarbonyl (C=S) groups is 1. The molecule has 0 aliphatic heterocycles. The van der Waals surface area contributed by atoms with Crippen molar-refractivity contribution in [1.82, 2.24) is 5.32 Å². The van der Waals surface area contributed by atoms with E-state index in [9.17, 15) is 9.59 Å². The van der Waals surface area contributed by atoms with Gasteiger partial charge in [-0.2, -0.15) is 0 Å². The first-order valence-corrected chi connectivity index (χ1v) is 12.3. The minimum Gasteiger partial charge on any atom is -0.492 e. The van der Waals surface area contributed by atoms with E-state index < -0.39 is 11.8 Å². The molecule has 2 amide bonds. The third kappa shape index (κ3) is 6.40. The van der Waals surface area contributed by atoms with Gasteiger partial charge in [-0.05, 0) is 54.9 Å². The molecule has 2 aromatic carbocycles. The Kier molecular flexibility index (Phi) is 8.60. The van der Waals surface area contributed by atoms with E-state index in [4.69, 9.17) is 22.7 Å². The number of rotatable bonds is 8. The number of amides is 2. The summed E-state index contributed by atoms with van der Waals surface area (Å²) in [6, 6.07) is 15.2. The highest BCUT2D eigenvalue weighted by Gasteiger charge is 2.21. The van der Waals surface area contributed by atoms with Crippen molar-refractivity contribution in [3.05, 3.63) is 80.1 Å². The Morgan fingerprint density at radius 2 is 1.91 bits per heavy atom. The number of nitrogens with two attached hydrogens (primary N) is 1. The highest BCUT2D eigenvalue weighted by molar-refractivity contribution is 9.10. The van der Waals surface area contributed by atoms with Gasteiger partial charge in [0, 0.05) is 15.8 Å². The fourth-order valence-electron chi connectivity index (χ4n) is 3.39. The van der Waals surface area contributed by atoms with Crippen LogP contribution in [0.5, 0.6) is 5.75 Å². The molecule has 3 rings (SSSR count). The molecular formula is C24H24BrN3O3S2. The van der Waals surface area contributed by atoms with Crippen molar-refractivity contribution < 1.29 is 14.3 Å². The van der Waals surface area contributed by atoms with Crippen LogP contribution in [0.25, 0.3) is 0 Å². The van der Waals surface area contributed by atoms with Crippen LogP contribution in [0.1, 0.15) is 43.6 Å². The lowest BCUT2D eigenvalue weighted by Gasteiger charge is -2.14. The van der Waals surface area contributed by atoms with E-state index in [1.54, 1.807) is 12.1 Å². The summed E-state index contributed by atoms with van der Waals surface area (Å²) in [5.41, 5.74) is 8.35. The molecule has 33 heavy (non-hydrogen) atoms. The van der Waals surface area contributed by atoms with Gasteiger partial charge in [0.25, 0.3) is 11.8 Å². The third-order valence-corrected chi connectivity index (χ3v) is 6.70. The molecule has 9 heteroatoms. The van der Waals surface area contributed by atoms with Crippen molar-refractivity contribution in [2.45, 2.75) is 26.7 Å². The van der Waals surface area contributed by atoms with Gasteiger partial charge in [-0.3, -0.25) is 14.9 Å². The standard InChI is InChI=1S/C24H24BrN3O3S2/c1-3-17-14(2)33-23(20(17)21(26)29)28-24(32)27-22(30)18-13-16(25)9-10-19(18)31-12-11-15-7-5-4-6-8-15/h4-10,13H,3,11-12H2,1-2H3,(H2,26,29)(H2,27,28,30,32). The number of halogens is 1.